The Morgan fingerprint density at radius 3 is 2.46 bits per heavy atom. The molecule has 1 aromatic rings. The van der Waals surface area contributed by atoms with Gasteiger partial charge < -0.3 is 24.5 Å². The zero-order valence-electron chi connectivity index (χ0n) is 21.5. The van der Waals surface area contributed by atoms with E-state index in [0.29, 0.717) is 30.2 Å². The summed E-state index contributed by atoms with van der Waals surface area (Å²) in [5.74, 6) is -2.46. The van der Waals surface area contributed by atoms with Crippen LogP contribution in [0.1, 0.15) is 32.3 Å². The van der Waals surface area contributed by atoms with Crippen molar-refractivity contribution in [3.8, 4) is 0 Å². The Morgan fingerprint density at radius 1 is 1.03 bits per heavy atom. The van der Waals surface area contributed by atoms with Gasteiger partial charge in [-0.05, 0) is 31.4 Å². The average molecular weight is 528 g/mol. The molecule has 4 aliphatic heterocycles. The molecule has 8 nitrogen and oxygen atoms in total. The van der Waals surface area contributed by atoms with Crippen LogP contribution in [0.2, 0.25) is 5.02 Å². The number of hydrogen-bond donors (Lipinski definition) is 1. The first-order chi connectivity index (χ1) is 17.8. The van der Waals surface area contributed by atoms with Gasteiger partial charge in [-0.25, -0.2) is 0 Å². The van der Waals surface area contributed by atoms with Crippen LogP contribution in [0.25, 0.3) is 0 Å². The van der Waals surface area contributed by atoms with Crippen molar-refractivity contribution >= 4 is 35.0 Å². The maximum absolute atomic E-state index is 14.4. The van der Waals surface area contributed by atoms with E-state index in [1.165, 1.54) is 4.90 Å². The maximum Gasteiger partial charge on any atom is 0.253 e. The minimum Gasteiger partial charge on any atom is -0.395 e. The molecule has 1 aromatic carbocycles. The summed E-state index contributed by atoms with van der Waals surface area (Å²) in [4.78, 5) is 47.3. The van der Waals surface area contributed by atoms with Crippen molar-refractivity contribution in [1.29, 1.82) is 0 Å². The number of nitrogens with zero attached hydrogens (tertiary/aromatic N) is 3. The lowest BCUT2D eigenvalue weighted by atomic mass is 9.73. The summed E-state index contributed by atoms with van der Waals surface area (Å²) in [6.07, 6.45) is 8.81. The number of fused-ring (bicyclic) bond motifs is 2. The van der Waals surface area contributed by atoms with Gasteiger partial charge in [-0.15, -0.1) is 0 Å². The molecule has 1 N–H and O–H groups in total. The van der Waals surface area contributed by atoms with Gasteiger partial charge in [-0.1, -0.05) is 61.9 Å². The van der Waals surface area contributed by atoms with Gasteiger partial charge >= 0.3 is 0 Å². The number of aliphatic hydroxyl groups is 1. The molecule has 198 valence electrons. The number of benzene rings is 1. The second kappa shape index (κ2) is 9.57. The summed E-state index contributed by atoms with van der Waals surface area (Å²) in [6.45, 7) is 6.78. The molecule has 9 heteroatoms. The highest BCUT2D eigenvalue weighted by Gasteiger charge is 2.75. The Labute approximate surface area is 222 Å². The highest BCUT2D eigenvalue weighted by atomic mass is 35.5. The van der Waals surface area contributed by atoms with Crippen LogP contribution in [0.4, 0.5) is 5.69 Å². The molecule has 2 fully saturated rings. The first kappa shape index (κ1) is 25.9. The normalized spacial score (nSPS) is 32.9. The van der Waals surface area contributed by atoms with Gasteiger partial charge in [0.1, 0.15) is 11.6 Å². The van der Waals surface area contributed by atoms with Crippen molar-refractivity contribution in [2.75, 3.05) is 37.7 Å². The molecule has 4 aliphatic rings. The topological polar surface area (TPSA) is 90.4 Å². The number of halogens is 1. The molecule has 4 heterocycles. The molecule has 2 saturated heterocycles. The number of aryl methyl sites for hydroxylation is 1. The molecule has 0 aromatic heterocycles. The average Bonchev–Trinajstić information content (AvgIpc) is 3.15. The van der Waals surface area contributed by atoms with Gasteiger partial charge in [0.15, 0.2) is 0 Å². The number of ether oxygens (including phenoxy) is 1. The summed E-state index contributed by atoms with van der Waals surface area (Å²) < 4.78 is 6.89. The highest BCUT2D eigenvalue weighted by molar-refractivity contribution is 6.34. The van der Waals surface area contributed by atoms with Gasteiger partial charge in [-0.3, -0.25) is 14.4 Å². The lowest BCUT2D eigenvalue weighted by molar-refractivity contribution is -0.150. The zero-order valence-corrected chi connectivity index (χ0v) is 22.3. The van der Waals surface area contributed by atoms with E-state index in [2.05, 4.69) is 0 Å². The van der Waals surface area contributed by atoms with Crippen LogP contribution in [-0.4, -0.2) is 82.7 Å². The zero-order chi connectivity index (χ0) is 26.5. The molecule has 0 aliphatic carbocycles. The lowest BCUT2D eigenvalue weighted by Gasteiger charge is -2.38. The van der Waals surface area contributed by atoms with Crippen LogP contribution < -0.4 is 4.90 Å². The minimum atomic E-state index is -1.34. The molecule has 3 amide bonds. The fraction of sp³-hybridized carbons (Fsp3) is 0.536. The molecular formula is C28H34ClN3O5. The van der Waals surface area contributed by atoms with Crippen LogP contribution in [0, 0.1) is 18.8 Å². The molecule has 5 rings (SSSR count). The summed E-state index contributed by atoms with van der Waals surface area (Å²) in [5.41, 5.74) is -0.943. The number of amides is 3. The number of carbonyl (C=O) groups is 3. The summed E-state index contributed by atoms with van der Waals surface area (Å²) in [7, 11) is 0. The monoisotopic (exact) mass is 527 g/mol. The Morgan fingerprint density at radius 2 is 1.78 bits per heavy atom. The lowest BCUT2D eigenvalue weighted by Crippen LogP contribution is -2.56. The van der Waals surface area contributed by atoms with Gasteiger partial charge in [0.05, 0.1) is 34.8 Å². The van der Waals surface area contributed by atoms with Crippen molar-refractivity contribution in [2.24, 2.45) is 11.8 Å². The Bertz CT molecular complexity index is 1160. The number of para-hydroxylation sites is 1. The van der Waals surface area contributed by atoms with Crippen LogP contribution in [0.5, 0.6) is 0 Å². The summed E-state index contributed by atoms with van der Waals surface area (Å²) >= 11 is 6.56. The van der Waals surface area contributed by atoms with Crippen LogP contribution in [0.15, 0.2) is 42.5 Å². The van der Waals surface area contributed by atoms with Crippen molar-refractivity contribution in [1.82, 2.24) is 9.80 Å². The van der Waals surface area contributed by atoms with Gasteiger partial charge in [0.2, 0.25) is 11.8 Å². The second-order valence-electron chi connectivity index (χ2n) is 10.3. The summed E-state index contributed by atoms with van der Waals surface area (Å²) in [5, 5.41) is 10.3. The third-order valence-corrected chi connectivity index (χ3v) is 8.62. The van der Waals surface area contributed by atoms with E-state index in [-0.39, 0.29) is 37.4 Å². The summed E-state index contributed by atoms with van der Waals surface area (Å²) in [6, 6.07) is 4.40. The third-order valence-electron chi connectivity index (χ3n) is 8.32. The first-order valence-corrected chi connectivity index (χ1v) is 13.5. The largest absolute Gasteiger partial charge is 0.395 e. The SMILES string of the molecule is CCCN1CC=C[C@]2(CC)O[C@]34C=CCN(c5c(C)cccc5Cl)C(=O)C3N(CCO)C(=O)[C@@H]4[C@@H]2C1=O. The third kappa shape index (κ3) is 3.67. The predicted molar refractivity (Wildman–Crippen MR) is 140 cm³/mol. The standard InChI is InChI=1S/C28H34ClN3O5/c1-4-13-30-14-7-11-27(5-2)20(24(30)34)21-25(35)32(16-17-33)23-26(36)31(15-8-12-28(21,23)37-27)22-18(3)9-6-10-19(22)29/h6-12,20-21,23,33H,4-5,13-17H2,1-3H3/t20-,21+,23?,27+,28+/m1/s1. The number of hydrogen-bond acceptors (Lipinski definition) is 5. The van der Waals surface area contributed by atoms with Gasteiger partial charge in [0.25, 0.3) is 5.91 Å². The number of aliphatic hydroxyl groups excluding tert-OH is 1. The molecule has 5 atom stereocenters. The molecule has 1 spiro atoms. The Kier molecular flexibility index (Phi) is 6.71. The quantitative estimate of drug-likeness (QED) is 0.574. The van der Waals surface area contributed by atoms with Crippen LogP contribution in [-0.2, 0) is 19.1 Å². The number of anilines is 1. The van der Waals surface area contributed by atoms with Crippen molar-refractivity contribution in [3.63, 3.8) is 0 Å². The van der Waals surface area contributed by atoms with E-state index in [1.54, 1.807) is 15.9 Å². The molecule has 37 heavy (non-hydrogen) atoms. The van der Waals surface area contributed by atoms with E-state index in [9.17, 15) is 19.5 Å². The molecular weight excluding hydrogens is 494 g/mol. The van der Waals surface area contributed by atoms with E-state index < -0.39 is 29.1 Å². The van der Waals surface area contributed by atoms with Gasteiger partial charge in [-0.2, -0.15) is 0 Å². The van der Waals surface area contributed by atoms with E-state index in [1.807, 2.05) is 57.2 Å². The Hall–Kier alpha value is -2.68. The second-order valence-corrected chi connectivity index (χ2v) is 10.7. The fourth-order valence-electron chi connectivity index (χ4n) is 6.79. The van der Waals surface area contributed by atoms with E-state index >= 15 is 0 Å². The molecule has 0 bridgehead atoms. The predicted octanol–water partition coefficient (Wildman–Crippen LogP) is 2.71. The number of likely N-dealkylation sites (tertiary alicyclic amines) is 1. The minimum absolute atomic E-state index is 0.0332. The molecule has 0 radical (unpaired) electrons. The highest BCUT2D eigenvalue weighted by Crippen LogP contribution is 2.58. The van der Waals surface area contributed by atoms with E-state index in [0.717, 1.165) is 12.0 Å². The Balaban J connectivity index is 1.67. The van der Waals surface area contributed by atoms with Crippen LogP contribution in [0.3, 0.4) is 0 Å². The maximum atomic E-state index is 14.4. The van der Waals surface area contributed by atoms with Crippen molar-refractivity contribution in [2.45, 2.75) is 50.9 Å². The fourth-order valence-corrected chi connectivity index (χ4v) is 7.12. The first-order valence-electron chi connectivity index (χ1n) is 13.1. The number of rotatable bonds is 6. The molecule has 1 unspecified atom stereocenters. The number of β-amino-alcohol motifs (C(OH)–C–C–N with tert-alkyl or cyclic N) is 1. The molecule has 0 saturated carbocycles. The van der Waals surface area contributed by atoms with Crippen LogP contribution >= 0.6 is 11.6 Å². The number of carbonyl (C=O) groups excluding carboxylic acids is 3. The van der Waals surface area contributed by atoms with E-state index in [4.69, 9.17) is 16.3 Å². The van der Waals surface area contributed by atoms with Crippen molar-refractivity contribution < 1.29 is 24.2 Å². The van der Waals surface area contributed by atoms with Gasteiger partial charge in [0, 0.05) is 26.2 Å². The van der Waals surface area contributed by atoms with Crippen molar-refractivity contribution in [3.05, 3.63) is 53.1 Å². The smallest absolute Gasteiger partial charge is 0.253 e.